The highest BCUT2D eigenvalue weighted by Crippen LogP contribution is 2.49. The predicted octanol–water partition coefficient (Wildman–Crippen LogP) is 0.913. The first-order valence-electron chi connectivity index (χ1n) is 8.07. The summed E-state index contributed by atoms with van der Waals surface area (Å²) in [5.41, 5.74) is 6.09. The van der Waals surface area contributed by atoms with E-state index in [1.165, 1.54) is 24.3 Å². The van der Waals surface area contributed by atoms with Gasteiger partial charge in [0.05, 0.1) is 12.0 Å². The van der Waals surface area contributed by atoms with E-state index >= 15 is 0 Å². The van der Waals surface area contributed by atoms with Crippen LogP contribution in [0.25, 0.3) is 0 Å². The highest BCUT2D eigenvalue weighted by molar-refractivity contribution is 7.80. The zero-order valence-corrected chi connectivity index (χ0v) is 14.9. The van der Waals surface area contributed by atoms with Gasteiger partial charge < -0.3 is 36.0 Å². The second-order valence-corrected chi connectivity index (χ2v) is 6.69. The number of rotatable bonds is 4. The molecular weight excluding hydrogens is 374 g/mol. The third-order valence-corrected chi connectivity index (χ3v) is 4.91. The minimum atomic E-state index is -1.45. The number of phenols is 4. The van der Waals surface area contributed by atoms with Gasteiger partial charge in [0.2, 0.25) is 0 Å². The van der Waals surface area contributed by atoms with Crippen molar-refractivity contribution in [2.24, 2.45) is 5.73 Å². The number of nitrogens with two attached hydrogens (primary N) is 1. The summed E-state index contributed by atoms with van der Waals surface area (Å²) in [7, 11) is 0. The topological polar surface area (TPSA) is 153 Å². The molecule has 0 radical (unpaired) electrons. The first-order chi connectivity index (χ1) is 12.7. The number of benzene rings is 2. The molecule has 0 bridgehead atoms. The number of ketones is 1. The summed E-state index contributed by atoms with van der Waals surface area (Å²) in [6.45, 7) is 0. The molecule has 0 fully saturated rings. The summed E-state index contributed by atoms with van der Waals surface area (Å²) in [6, 6.07) is 5.07. The molecule has 144 valence electrons. The molecule has 1 heterocycles. The van der Waals surface area contributed by atoms with Crippen LogP contribution < -0.4 is 10.5 Å². The Kier molecular flexibility index (Phi) is 5.09. The lowest BCUT2D eigenvalue weighted by Gasteiger charge is -2.37. The molecule has 2 aromatic rings. The average Bonchev–Trinajstić information content (AvgIpc) is 2.62. The number of Topliss-reactive ketones (excluding diaryl/α,β-unsaturated/α-hetero) is 1. The van der Waals surface area contributed by atoms with Crippen LogP contribution in [0.1, 0.15) is 23.1 Å². The van der Waals surface area contributed by atoms with Crippen LogP contribution in [0.3, 0.4) is 0 Å². The molecule has 4 atom stereocenters. The number of carbonyl (C=O) groups excluding carboxylic acids is 1. The molecule has 0 saturated carbocycles. The van der Waals surface area contributed by atoms with Crippen LogP contribution in [0.2, 0.25) is 0 Å². The van der Waals surface area contributed by atoms with Gasteiger partial charge in [-0.2, -0.15) is 12.6 Å². The quantitative estimate of drug-likeness (QED) is 0.299. The Morgan fingerprint density at radius 2 is 1.81 bits per heavy atom. The Morgan fingerprint density at radius 1 is 1.11 bits per heavy atom. The number of aliphatic hydroxyl groups excluding tert-OH is 1. The number of ether oxygens (including phenoxy) is 1. The zero-order valence-electron chi connectivity index (χ0n) is 14.0. The van der Waals surface area contributed by atoms with Crippen molar-refractivity contribution < 1.29 is 35.1 Å². The normalized spacial score (nSPS) is 22.6. The van der Waals surface area contributed by atoms with Crippen molar-refractivity contribution in [3.8, 4) is 28.7 Å². The Morgan fingerprint density at radius 3 is 2.44 bits per heavy atom. The van der Waals surface area contributed by atoms with Crippen LogP contribution in [0.5, 0.6) is 28.7 Å². The van der Waals surface area contributed by atoms with Gasteiger partial charge in [-0.1, -0.05) is 6.07 Å². The third kappa shape index (κ3) is 3.36. The molecular formula is C18H19NO7S. The van der Waals surface area contributed by atoms with Crippen LogP contribution in [-0.4, -0.2) is 49.2 Å². The third-order valence-electron chi connectivity index (χ3n) is 4.52. The fourth-order valence-electron chi connectivity index (χ4n) is 3.17. The molecule has 0 spiro atoms. The maximum absolute atomic E-state index is 12.8. The number of hydrogen-bond acceptors (Lipinski definition) is 9. The van der Waals surface area contributed by atoms with Gasteiger partial charge in [-0.15, -0.1) is 0 Å². The molecule has 3 rings (SSSR count). The number of hydrogen-bond donors (Lipinski definition) is 7. The van der Waals surface area contributed by atoms with Gasteiger partial charge in [-0.05, 0) is 17.7 Å². The first kappa shape index (κ1) is 19.2. The fraction of sp³-hybridized carbons (Fsp3) is 0.278. The molecule has 2 aromatic carbocycles. The van der Waals surface area contributed by atoms with Crippen molar-refractivity contribution in [3.63, 3.8) is 0 Å². The smallest absolute Gasteiger partial charge is 0.160 e. The van der Waals surface area contributed by atoms with Crippen LogP contribution in [0.15, 0.2) is 30.3 Å². The van der Waals surface area contributed by atoms with Crippen molar-refractivity contribution in [1.29, 1.82) is 0 Å². The van der Waals surface area contributed by atoms with E-state index < -0.39 is 41.4 Å². The number of aromatic hydroxyl groups is 4. The van der Waals surface area contributed by atoms with E-state index in [9.17, 15) is 30.3 Å². The van der Waals surface area contributed by atoms with E-state index in [0.717, 1.165) is 6.07 Å². The number of fused-ring (bicyclic) bond motifs is 1. The highest BCUT2D eigenvalue weighted by Gasteiger charge is 2.45. The highest BCUT2D eigenvalue weighted by atomic mass is 32.1. The molecule has 0 aliphatic carbocycles. The summed E-state index contributed by atoms with van der Waals surface area (Å²) in [6.07, 6.45) is -2.57. The van der Waals surface area contributed by atoms with E-state index in [2.05, 4.69) is 12.6 Å². The van der Waals surface area contributed by atoms with E-state index in [-0.39, 0.29) is 34.1 Å². The van der Waals surface area contributed by atoms with Gasteiger partial charge in [0, 0.05) is 23.4 Å². The van der Waals surface area contributed by atoms with Gasteiger partial charge in [0.1, 0.15) is 23.4 Å². The van der Waals surface area contributed by atoms with Crippen molar-refractivity contribution in [3.05, 3.63) is 41.5 Å². The lowest BCUT2D eigenvalue weighted by Crippen LogP contribution is -2.45. The molecule has 27 heavy (non-hydrogen) atoms. The van der Waals surface area contributed by atoms with Gasteiger partial charge in [0.25, 0.3) is 0 Å². The summed E-state index contributed by atoms with van der Waals surface area (Å²) >= 11 is 4.01. The summed E-state index contributed by atoms with van der Waals surface area (Å²) in [5, 5.41) is 50.1. The molecule has 7 N–H and O–H groups in total. The summed E-state index contributed by atoms with van der Waals surface area (Å²) in [4.78, 5) is 12.8. The van der Waals surface area contributed by atoms with Crippen molar-refractivity contribution >= 4 is 18.4 Å². The van der Waals surface area contributed by atoms with E-state index in [1.54, 1.807) is 0 Å². The Balaban J connectivity index is 2.14. The number of thiol groups is 1. The molecule has 1 aliphatic heterocycles. The largest absolute Gasteiger partial charge is 0.508 e. The lowest BCUT2D eigenvalue weighted by molar-refractivity contribution is -0.127. The molecule has 0 amide bonds. The first-order valence-corrected chi connectivity index (χ1v) is 8.70. The van der Waals surface area contributed by atoms with E-state index in [0.29, 0.717) is 0 Å². The molecule has 1 aliphatic rings. The second-order valence-electron chi connectivity index (χ2n) is 6.32. The Hall–Kier alpha value is -2.62. The molecule has 0 unspecified atom stereocenters. The van der Waals surface area contributed by atoms with Gasteiger partial charge >= 0.3 is 0 Å². The average molecular weight is 393 g/mol. The zero-order chi connectivity index (χ0) is 19.9. The summed E-state index contributed by atoms with van der Waals surface area (Å²) in [5.74, 6) is -3.26. The van der Waals surface area contributed by atoms with E-state index in [4.69, 9.17) is 10.5 Å². The van der Waals surface area contributed by atoms with Gasteiger partial charge in [-0.25, -0.2) is 0 Å². The Bertz CT molecular complexity index is 888. The maximum Gasteiger partial charge on any atom is 0.160 e. The van der Waals surface area contributed by atoms with Gasteiger partial charge in [0.15, 0.2) is 23.4 Å². The predicted molar refractivity (Wildman–Crippen MR) is 98.5 cm³/mol. The molecule has 0 saturated heterocycles. The fourth-order valence-corrected chi connectivity index (χ4v) is 3.35. The second kappa shape index (κ2) is 7.18. The monoisotopic (exact) mass is 393 g/mol. The molecule has 8 nitrogen and oxygen atoms in total. The molecule has 0 aromatic heterocycles. The van der Waals surface area contributed by atoms with Crippen molar-refractivity contribution in [2.45, 2.75) is 24.2 Å². The maximum atomic E-state index is 12.8. The van der Waals surface area contributed by atoms with Crippen LogP contribution in [0.4, 0.5) is 0 Å². The van der Waals surface area contributed by atoms with Gasteiger partial charge in [-0.3, -0.25) is 4.79 Å². The minimum Gasteiger partial charge on any atom is -0.508 e. The standard InChI is InChI=1S/C18H19NO7S/c19-9(6-27)16(24)15-14-12(23)4-8(20)5-13(14)26-18(17(15)25)7-1-2-10(21)11(22)3-7/h1-5,9,15,17-18,20-23,25,27H,6,19H2/t9-,15+,17+,18+/m0/s1. The molecule has 9 heteroatoms. The minimum absolute atomic E-state index is 0.0000732. The Labute approximate surface area is 159 Å². The number of carbonyl (C=O) groups is 1. The summed E-state index contributed by atoms with van der Waals surface area (Å²) < 4.78 is 5.71. The van der Waals surface area contributed by atoms with Crippen molar-refractivity contribution in [1.82, 2.24) is 0 Å². The van der Waals surface area contributed by atoms with Crippen LogP contribution in [-0.2, 0) is 4.79 Å². The number of aliphatic hydroxyl groups is 1. The van der Waals surface area contributed by atoms with Crippen LogP contribution >= 0.6 is 12.6 Å². The lowest BCUT2D eigenvalue weighted by atomic mass is 9.79. The van der Waals surface area contributed by atoms with Crippen LogP contribution in [0, 0.1) is 0 Å². The van der Waals surface area contributed by atoms with E-state index in [1.807, 2.05) is 0 Å². The number of phenolic OH excluding ortho intramolecular Hbond substituents is 4. The van der Waals surface area contributed by atoms with Crippen molar-refractivity contribution in [2.75, 3.05) is 5.75 Å². The SMILES string of the molecule is N[C@@H](CS)C(=O)[C@H]1c2c(O)cc(O)cc2O[C@H](c2ccc(O)c(O)c2)[C@@H]1O.